The van der Waals surface area contributed by atoms with Gasteiger partial charge in [0.1, 0.15) is 11.1 Å². The molecule has 0 aliphatic rings. The average Bonchev–Trinajstić information content (AvgIpc) is 2.33. The number of nitriles is 1. The molecule has 1 aromatic heterocycles. The summed E-state index contributed by atoms with van der Waals surface area (Å²) in [5.41, 5.74) is 0.336. The van der Waals surface area contributed by atoms with Gasteiger partial charge in [0.25, 0.3) is 0 Å². The van der Waals surface area contributed by atoms with Gasteiger partial charge in [-0.15, -0.1) is 0 Å². The van der Waals surface area contributed by atoms with Gasteiger partial charge in [-0.2, -0.15) is 5.26 Å². The molecule has 0 aliphatic heterocycles. The van der Waals surface area contributed by atoms with Gasteiger partial charge >= 0.3 is 0 Å². The summed E-state index contributed by atoms with van der Waals surface area (Å²) in [7, 11) is 0. The molecule has 1 aromatic carbocycles. The van der Waals surface area contributed by atoms with Crippen molar-refractivity contribution in [2.45, 2.75) is 9.92 Å². The van der Waals surface area contributed by atoms with Crippen molar-refractivity contribution in [3.05, 3.63) is 47.4 Å². The SMILES string of the molecule is N#Cc1nccnc1Sc1ccc(Cl)cc1. The number of nitrogens with zero attached hydrogens (tertiary/aromatic N) is 3. The van der Waals surface area contributed by atoms with Gasteiger partial charge in [-0.1, -0.05) is 23.4 Å². The molecule has 0 spiro atoms. The second-order valence-corrected chi connectivity index (χ2v) is 4.38. The fourth-order valence-electron chi connectivity index (χ4n) is 1.09. The van der Waals surface area contributed by atoms with Crippen LogP contribution in [0.5, 0.6) is 0 Å². The van der Waals surface area contributed by atoms with Crippen molar-refractivity contribution in [2.24, 2.45) is 0 Å². The Kier molecular flexibility index (Phi) is 3.40. The molecular formula is C11H6ClN3S. The van der Waals surface area contributed by atoms with Gasteiger partial charge in [0.15, 0.2) is 5.69 Å². The molecule has 2 rings (SSSR count). The summed E-state index contributed by atoms with van der Waals surface area (Å²) >= 11 is 7.18. The van der Waals surface area contributed by atoms with Crippen LogP contribution < -0.4 is 0 Å². The summed E-state index contributed by atoms with van der Waals surface area (Å²) in [4.78, 5) is 9.03. The first-order valence-corrected chi connectivity index (χ1v) is 5.63. The van der Waals surface area contributed by atoms with E-state index in [-0.39, 0.29) is 0 Å². The van der Waals surface area contributed by atoms with Crippen molar-refractivity contribution in [3.63, 3.8) is 0 Å². The van der Waals surface area contributed by atoms with Gasteiger partial charge in [0.05, 0.1) is 0 Å². The molecule has 5 heteroatoms. The van der Waals surface area contributed by atoms with E-state index in [9.17, 15) is 0 Å². The molecule has 0 N–H and O–H groups in total. The van der Waals surface area contributed by atoms with E-state index in [1.165, 1.54) is 18.0 Å². The molecule has 3 nitrogen and oxygen atoms in total. The third-order valence-electron chi connectivity index (χ3n) is 1.80. The molecule has 0 amide bonds. The van der Waals surface area contributed by atoms with Crippen molar-refractivity contribution < 1.29 is 0 Å². The first kappa shape index (κ1) is 10.9. The van der Waals surface area contributed by atoms with Crippen molar-refractivity contribution in [2.75, 3.05) is 0 Å². The molecule has 0 unspecified atom stereocenters. The second-order valence-electron chi connectivity index (χ2n) is 2.88. The molecule has 2 aromatic rings. The van der Waals surface area contributed by atoms with Crippen molar-refractivity contribution in [3.8, 4) is 6.07 Å². The van der Waals surface area contributed by atoms with Crippen LogP contribution in [0.2, 0.25) is 5.02 Å². The number of rotatable bonds is 2. The van der Waals surface area contributed by atoms with E-state index < -0.39 is 0 Å². The highest BCUT2D eigenvalue weighted by atomic mass is 35.5. The van der Waals surface area contributed by atoms with Crippen LogP contribution in [0.15, 0.2) is 46.6 Å². The van der Waals surface area contributed by atoms with E-state index in [0.29, 0.717) is 15.7 Å². The minimum Gasteiger partial charge on any atom is -0.245 e. The van der Waals surface area contributed by atoms with E-state index in [0.717, 1.165) is 4.90 Å². The Labute approximate surface area is 102 Å². The first-order valence-electron chi connectivity index (χ1n) is 4.44. The van der Waals surface area contributed by atoms with Crippen molar-refractivity contribution >= 4 is 23.4 Å². The van der Waals surface area contributed by atoms with E-state index >= 15 is 0 Å². The first-order chi connectivity index (χ1) is 7.79. The Morgan fingerprint density at radius 2 is 1.81 bits per heavy atom. The highest BCUT2D eigenvalue weighted by molar-refractivity contribution is 7.99. The molecule has 1 heterocycles. The van der Waals surface area contributed by atoms with E-state index in [1.54, 1.807) is 18.3 Å². The van der Waals surface area contributed by atoms with Crippen LogP contribution in [0.25, 0.3) is 0 Å². The fourth-order valence-corrected chi connectivity index (χ4v) is 2.02. The summed E-state index contributed by atoms with van der Waals surface area (Å²) < 4.78 is 0. The topological polar surface area (TPSA) is 49.6 Å². The van der Waals surface area contributed by atoms with Crippen LogP contribution in [0.1, 0.15) is 5.69 Å². The van der Waals surface area contributed by atoms with E-state index in [2.05, 4.69) is 9.97 Å². The quantitative estimate of drug-likeness (QED) is 0.818. The van der Waals surface area contributed by atoms with Crippen LogP contribution in [0.4, 0.5) is 0 Å². The van der Waals surface area contributed by atoms with Crippen LogP contribution >= 0.6 is 23.4 Å². The summed E-state index contributed by atoms with van der Waals surface area (Å²) in [5, 5.41) is 10.1. The van der Waals surface area contributed by atoms with Gasteiger partial charge in [-0.05, 0) is 24.3 Å². The molecule has 16 heavy (non-hydrogen) atoms. The second kappa shape index (κ2) is 4.97. The minimum atomic E-state index is 0.336. The lowest BCUT2D eigenvalue weighted by Crippen LogP contribution is -1.89. The Morgan fingerprint density at radius 1 is 1.12 bits per heavy atom. The van der Waals surface area contributed by atoms with Gasteiger partial charge in [0.2, 0.25) is 0 Å². The standard InChI is InChI=1S/C11H6ClN3S/c12-8-1-3-9(4-2-8)16-11-10(7-13)14-5-6-15-11/h1-6H. The van der Waals surface area contributed by atoms with Crippen molar-refractivity contribution in [1.82, 2.24) is 9.97 Å². The Morgan fingerprint density at radius 3 is 2.50 bits per heavy atom. The van der Waals surface area contributed by atoms with Crippen LogP contribution in [-0.4, -0.2) is 9.97 Å². The number of halogens is 1. The molecule has 0 bridgehead atoms. The zero-order chi connectivity index (χ0) is 11.4. The van der Waals surface area contributed by atoms with Crippen LogP contribution in [0, 0.1) is 11.3 Å². The predicted octanol–water partition coefficient (Wildman–Crippen LogP) is 3.15. The Bertz CT molecular complexity index is 534. The molecule has 0 saturated heterocycles. The maximum absolute atomic E-state index is 8.85. The molecule has 78 valence electrons. The maximum Gasteiger partial charge on any atom is 0.173 e. The molecule has 0 fully saturated rings. The van der Waals surface area contributed by atoms with Crippen LogP contribution in [0.3, 0.4) is 0 Å². The zero-order valence-electron chi connectivity index (χ0n) is 8.09. The molecule has 0 saturated carbocycles. The molecule has 0 atom stereocenters. The van der Waals surface area contributed by atoms with Crippen LogP contribution in [-0.2, 0) is 0 Å². The highest BCUT2D eigenvalue weighted by Crippen LogP contribution is 2.28. The third kappa shape index (κ3) is 2.51. The summed E-state index contributed by atoms with van der Waals surface area (Å²) in [6, 6.07) is 9.36. The third-order valence-corrected chi connectivity index (χ3v) is 3.05. The Hall–Kier alpha value is -1.57. The van der Waals surface area contributed by atoms with E-state index in [4.69, 9.17) is 16.9 Å². The number of hydrogen-bond acceptors (Lipinski definition) is 4. The lowest BCUT2D eigenvalue weighted by atomic mass is 10.4. The highest BCUT2D eigenvalue weighted by Gasteiger charge is 2.05. The van der Waals surface area contributed by atoms with Gasteiger partial charge in [-0.3, -0.25) is 0 Å². The van der Waals surface area contributed by atoms with E-state index in [1.807, 2.05) is 18.2 Å². The zero-order valence-corrected chi connectivity index (χ0v) is 9.66. The minimum absolute atomic E-state index is 0.336. The molecule has 0 aliphatic carbocycles. The van der Waals surface area contributed by atoms with Crippen molar-refractivity contribution in [1.29, 1.82) is 5.26 Å². The Balaban J connectivity index is 2.27. The lowest BCUT2D eigenvalue weighted by Gasteiger charge is -2.01. The maximum atomic E-state index is 8.85. The number of benzene rings is 1. The van der Waals surface area contributed by atoms with Gasteiger partial charge < -0.3 is 0 Å². The summed E-state index contributed by atoms with van der Waals surface area (Å²) in [6.45, 7) is 0. The fraction of sp³-hybridized carbons (Fsp3) is 0. The number of aromatic nitrogens is 2. The summed E-state index contributed by atoms with van der Waals surface area (Å²) in [5.74, 6) is 0. The average molecular weight is 248 g/mol. The lowest BCUT2D eigenvalue weighted by molar-refractivity contribution is 1.02. The molecule has 0 radical (unpaired) electrons. The largest absolute Gasteiger partial charge is 0.245 e. The smallest absolute Gasteiger partial charge is 0.173 e. The van der Waals surface area contributed by atoms with Gasteiger partial charge in [-0.25, -0.2) is 9.97 Å². The normalized spacial score (nSPS) is 9.75. The number of hydrogen-bond donors (Lipinski definition) is 0. The summed E-state index contributed by atoms with van der Waals surface area (Å²) in [6.07, 6.45) is 3.07. The monoisotopic (exact) mass is 247 g/mol. The molecular weight excluding hydrogens is 242 g/mol. The predicted molar refractivity (Wildman–Crippen MR) is 62.3 cm³/mol. The van der Waals surface area contributed by atoms with Gasteiger partial charge in [0, 0.05) is 22.3 Å².